The molecule has 0 spiro atoms. The molecule has 0 fully saturated rings. The molecule has 1 N–H and O–H groups in total. The second-order valence-corrected chi connectivity index (χ2v) is 4.79. The molecule has 104 valence electrons. The summed E-state index contributed by atoms with van der Waals surface area (Å²) in [4.78, 5) is 2.11. The lowest BCUT2D eigenvalue weighted by molar-refractivity contribution is 0.301. The molecule has 0 amide bonds. The summed E-state index contributed by atoms with van der Waals surface area (Å²) in [5.41, 5.74) is 3.93. The van der Waals surface area contributed by atoms with Crippen molar-refractivity contribution in [3.05, 3.63) is 53.3 Å². The molecule has 0 atom stereocenters. The van der Waals surface area contributed by atoms with Gasteiger partial charge in [-0.15, -0.1) is 0 Å². The normalized spacial score (nSPS) is 10.3. The minimum absolute atomic E-state index is 0.103. The molecule has 0 radical (unpaired) electrons. The van der Waals surface area contributed by atoms with E-state index in [0.29, 0.717) is 18.8 Å². The summed E-state index contributed by atoms with van der Waals surface area (Å²) < 4.78 is 1.90. The van der Waals surface area contributed by atoms with Gasteiger partial charge >= 0.3 is 0 Å². The average Bonchev–Trinajstić information content (AvgIpc) is 2.75. The van der Waals surface area contributed by atoms with E-state index in [1.165, 1.54) is 0 Å². The van der Waals surface area contributed by atoms with Crippen LogP contribution in [-0.2, 0) is 13.6 Å². The SMILES string of the molecule is Cc1c(CN(CCO)c2ccccc2)cc(C#N)n1C. The number of hydrogen-bond acceptors (Lipinski definition) is 3. The number of rotatable bonds is 5. The van der Waals surface area contributed by atoms with E-state index < -0.39 is 0 Å². The number of aromatic nitrogens is 1. The van der Waals surface area contributed by atoms with Gasteiger partial charge in [0.25, 0.3) is 0 Å². The number of anilines is 1. The predicted molar refractivity (Wildman–Crippen MR) is 79.4 cm³/mol. The minimum Gasteiger partial charge on any atom is -0.395 e. The molecular weight excluding hydrogens is 250 g/mol. The maximum Gasteiger partial charge on any atom is 0.120 e. The summed E-state index contributed by atoms with van der Waals surface area (Å²) in [6.45, 7) is 3.37. The van der Waals surface area contributed by atoms with Crippen LogP contribution in [-0.4, -0.2) is 22.8 Å². The largest absolute Gasteiger partial charge is 0.395 e. The highest BCUT2D eigenvalue weighted by Gasteiger charge is 2.13. The van der Waals surface area contributed by atoms with E-state index in [1.807, 2.05) is 54.9 Å². The van der Waals surface area contributed by atoms with Gasteiger partial charge in [0.05, 0.1) is 6.61 Å². The Balaban J connectivity index is 2.28. The summed E-state index contributed by atoms with van der Waals surface area (Å²) in [5, 5.41) is 18.3. The molecule has 20 heavy (non-hydrogen) atoms. The molecule has 1 heterocycles. The Morgan fingerprint density at radius 3 is 2.55 bits per heavy atom. The van der Waals surface area contributed by atoms with Crippen LogP contribution in [0.2, 0.25) is 0 Å². The molecule has 0 aliphatic heterocycles. The van der Waals surface area contributed by atoms with Crippen LogP contribution in [0.3, 0.4) is 0 Å². The van der Waals surface area contributed by atoms with E-state index in [-0.39, 0.29) is 6.61 Å². The number of nitrogens with zero attached hydrogens (tertiary/aromatic N) is 3. The Kier molecular flexibility index (Phi) is 4.44. The molecule has 1 aromatic heterocycles. The van der Waals surface area contributed by atoms with Gasteiger partial charge in [-0.05, 0) is 30.7 Å². The maximum atomic E-state index is 9.25. The summed E-state index contributed by atoms with van der Waals surface area (Å²) >= 11 is 0. The van der Waals surface area contributed by atoms with Crippen molar-refractivity contribution in [2.45, 2.75) is 13.5 Å². The molecular formula is C16H19N3O. The van der Waals surface area contributed by atoms with Crippen LogP contribution >= 0.6 is 0 Å². The smallest absolute Gasteiger partial charge is 0.120 e. The topological polar surface area (TPSA) is 52.2 Å². The average molecular weight is 269 g/mol. The van der Waals surface area contributed by atoms with Gasteiger partial charge in [-0.3, -0.25) is 0 Å². The highest BCUT2D eigenvalue weighted by molar-refractivity contribution is 5.47. The fourth-order valence-electron chi connectivity index (χ4n) is 2.29. The predicted octanol–water partition coefficient (Wildman–Crippen LogP) is 2.20. The third-order valence-electron chi connectivity index (χ3n) is 3.61. The zero-order valence-corrected chi connectivity index (χ0v) is 11.9. The molecule has 0 aliphatic rings. The van der Waals surface area contributed by atoms with Crippen LogP contribution in [0, 0.1) is 18.3 Å². The van der Waals surface area contributed by atoms with Crippen LogP contribution in [0.25, 0.3) is 0 Å². The van der Waals surface area contributed by atoms with Gasteiger partial charge in [0.15, 0.2) is 0 Å². The highest BCUT2D eigenvalue weighted by Crippen LogP contribution is 2.20. The van der Waals surface area contributed by atoms with Crippen LogP contribution in [0.4, 0.5) is 5.69 Å². The van der Waals surface area contributed by atoms with E-state index in [2.05, 4.69) is 11.0 Å². The van der Waals surface area contributed by atoms with E-state index in [9.17, 15) is 5.11 Å². The second kappa shape index (κ2) is 6.27. The van der Waals surface area contributed by atoms with Crippen molar-refractivity contribution < 1.29 is 5.11 Å². The molecule has 0 unspecified atom stereocenters. The number of aliphatic hydroxyl groups excluding tert-OH is 1. The quantitative estimate of drug-likeness (QED) is 0.905. The van der Waals surface area contributed by atoms with E-state index in [4.69, 9.17) is 5.26 Å². The molecule has 0 aliphatic carbocycles. The van der Waals surface area contributed by atoms with Crippen molar-refractivity contribution in [1.82, 2.24) is 4.57 Å². The number of benzene rings is 1. The van der Waals surface area contributed by atoms with Crippen LogP contribution in [0.15, 0.2) is 36.4 Å². The van der Waals surface area contributed by atoms with Crippen molar-refractivity contribution in [2.75, 3.05) is 18.1 Å². The lowest BCUT2D eigenvalue weighted by Gasteiger charge is -2.24. The third kappa shape index (κ3) is 2.84. The molecule has 4 heteroatoms. The van der Waals surface area contributed by atoms with Crippen molar-refractivity contribution >= 4 is 5.69 Å². The molecule has 0 bridgehead atoms. The molecule has 0 saturated heterocycles. The molecule has 2 rings (SSSR count). The Bertz CT molecular complexity index is 611. The van der Waals surface area contributed by atoms with Crippen molar-refractivity contribution in [3.63, 3.8) is 0 Å². The zero-order valence-electron chi connectivity index (χ0n) is 11.9. The van der Waals surface area contributed by atoms with Crippen molar-refractivity contribution in [3.8, 4) is 6.07 Å². The number of aliphatic hydroxyl groups is 1. The number of hydrogen-bond donors (Lipinski definition) is 1. The maximum absolute atomic E-state index is 9.25. The van der Waals surface area contributed by atoms with Gasteiger partial charge in [0.1, 0.15) is 11.8 Å². The third-order valence-corrected chi connectivity index (χ3v) is 3.61. The monoisotopic (exact) mass is 269 g/mol. The lowest BCUT2D eigenvalue weighted by Crippen LogP contribution is -2.26. The summed E-state index contributed by atoms with van der Waals surface area (Å²) in [6.07, 6.45) is 0. The number of para-hydroxylation sites is 1. The second-order valence-electron chi connectivity index (χ2n) is 4.79. The van der Waals surface area contributed by atoms with Crippen LogP contribution in [0.5, 0.6) is 0 Å². The van der Waals surface area contributed by atoms with Gasteiger partial charge in [-0.2, -0.15) is 5.26 Å². The van der Waals surface area contributed by atoms with Crippen molar-refractivity contribution in [2.24, 2.45) is 7.05 Å². The van der Waals surface area contributed by atoms with Gasteiger partial charge in [0.2, 0.25) is 0 Å². The Morgan fingerprint density at radius 1 is 1.30 bits per heavy atom. The first-order valence-electron chi connectivity index (χ1n) is 6.63. The fourth-order valence-corrected chi connectivity index (χ4v) is 2.29. The summed E-state index contributed by atoms with van der Waals surface area (Å²) in [5.74, 6) is 0. The number of nitriles is 1. The molecule has 1 aromatic carbocycles. The van der Waals surface area contributed by atoms with E-state index in [1.54, 1.807) is 0 Å². The molecule has 0 saturated carbocycles. The molecule has 4 nitrogen and oxygen atoms in total. The highest BCUT2D eigenvalue weighted by atomic mass is 16.3. The van der Waals surface area contributed by atoms with E-state index in [0.717, 1.165) is 16.9 Å². The minimum atomic E-state index is 0.103. The van der Waals surface area contributed by atoms with Crippen molar-refractivity contribution in [1.29, 1.82) is 5.26 Å². The zero-order chi connectivity index (χ0) is 14.5. The lowest BCUT2D eigenvalue weighted by atomic mass is 10.2. The Hall–Kier alpha value is -2.25. The first-order valence-corrected chi connectivity index (χ1v) is 6.63. The first-order chi connectivity index (χ1) is 9.67. The fraction of sp³-hybridized carbons (Fsp3) is 0.312. The summed E-state index contributed by atoms with van der Waals surface area (Å²) in [7, 11) is 1.90. The standard InChI is InChI=1S/C16H19N3O/c1-13-14(10-16(11-17)18(13)2)12-19(8-9-20)15-6-4-3-5-7-15/h3-7,10,20H,8-9,12H2,1-2H3. The Labute approximate surface area is 119 Å². The van der Waals surface area contributed by atoms with Crippen LogP contribution < -0.4 is 4.90 Å². The first kappa shape index (κ1) is 14.2. The Morgan fingerprint density at radius 2 is 2.00 bits per heavy atom. The van der Waals surface area contributed by atoms with E-state index >= 15 is 0 Å². The molecule has 2 aromatic rings. The van der Waals surface area contributed by atoms with Gasteiger partial charge < -0.3 is 14.6 Å². The van der Waals surface area contributed by atoms with Crippen LogP contribution in [0.1, 0.15) is 17.0 Å². The van der Waals surface area contributed by atoms with Gasteiger partial charge in [-0.25, -0.2) is 0 Å². The van der Waals surface area contributed by atoms with Gasteiger partial charge in [-0.1, -0.05) is 18.2 Å². The van der Waals surface area contributed by atoms with Gasteiger partial charge in [0, 0.05) is 31.5 Å². The summed E-state index contributed by atoms with van der Waals surface area (Å²) in [6, 6.07) is 14.1.